The number of halogens is 1. The molecule has 0 saturated heterocycles. The van der Waals surface area contributed by atoms with E-state index in [9.17, 15) is 14.0 Å². The number of nitrogens with one attached hydrogen (secondary N) is 1. The molecule has 0 radical (unpaired) electrons. The Morgan fingerprint density at radius 1 is 1.20 bits per heavy atom. The fraction of sp³-hybridized carbons (Fsp3) is 0.261. The molecule has 3 aromatic rings. The second-order valence-corrected chi connectivity index (χ2v) is 8.42. The number of benzene rings is 2. The van der Waals surface area contributed by atoms with Gasteiger partial charge in [-0.1, -0.05) is 32.0 Å². The zero-order valence-corrected chi connectivity index (χ0v) is 17.6. The number of carbonyl (C=O) groups is 2. The number of nitrogens with zero attached hydrogens (tertiary/aromatic N) is 2. The van der Waals surface area contributed by atoms with Gasteiger partial charge in [0.15, 0.2) is 5.13 Å². The van der Waals surface area contributed by atoms with E-state index < -0.39 is 11.7 Å². The molecule has 0 atom stereocenters. The Kier molecular flexibility index (Phi) is 5.63. The van der Waals surface area contributed by atoms with Crippen LogP contribution in [0.3, 0.4) is 0 Å². The molecule has 154 valence electrons. The van der Waals surface area contributed by atoms with E-state index in [0.717, 1.165) is 41.9 Å². The molecule has 4 rings (SSSR count). The van der Waals surface area contributed by atoms with E-state index >= 15 is 0 Å². The van der Waals surface area contributed by atoms with Crippen molar-refractivity contribution in [3.05, 3.63) is 64.8 Å². The summed E-state index contributed by atoms with van der Waals surface area (Å²) in [6.07, 6.45) is 1.84. The van der Waals surface area contributed by atoms with Gasteiger partial charge < -0.3 is 4.90 Å². The summed E-state index contributed by atoms with van der Waals surface area (Å²) in [5, 5.41) is 4.93. The summed E-state index contributed by atoms with van der Waals surface area (Å²) in [7, 11) is 0. The molecular weight excluding hydrogens is 401 g/mol. The van der Waals surface area contributed by atoms with Crippen molar-refractivity contribution in [2.75, 3.05) is 16.8 Å². The minimum absolute atomic E-state index is 0.0158. The van der Waals surface area contributed by atoms with Crippen molar-refractivity contribution >= 4 is 34.0 Å². The van der Waals surface area contributed by atoms with Crippen LogP contribution in [-0.2, 0) is 11.2 Å². The van der Waals surface area contributed by atoms with Gasteiger partial charge in [-0.15, -0.1) is 11.3 Å². The third-order valence-electron chi connectivity index (χ3n) is 5.10. The Bertz CT molecular complexity index is 1110. The van der Waals surface area contributed by atoms with Crippen LogP contribution in [0.1, 0.15) is 36.2 Å². The zero-order chi connectivity index (χ0) is 21.3. The molecule has 1 aromatic heterocycles. The van der Waals surface area contributed by atoms with Gasteiger partial charge >= 0.3 is 0 Å². The number of aromatic nitrogens is 1. The first kappa shape index (κ1) is 20.2. The van der Waals surface area contributed by atoms with Crippen molar-refractivity contribution in [1.82, 2.24) is 4.98 Å². The molecule has 2 heterocycles. The highest BCUT2D eigenvalue weighted by Crippen LogP contribution is 2.33. The largest absolute Gasteiger partial charge is 0.312 e. The molecule has 0 unspecified atom stereocenters. The Balaban J connectivity index is 1.55. The van der Waals surface area contributed by atoms with E-state index in [1.807, 2.05) is 36.3 Å². The molecule has 0 fully saturated rings. The summed E-state index contributed by atoms with van der Waals surface area (Å²) in [6.45, 7) is 4.57. The minimum Gasteiger partial charge on any atom is -0.312 e. The van der Waals surface area contributed by atoms with E-state index in [4.69, 9.17) is 0 Å². The maximum absolute atomic E-state index is 13.8. The molecule has 0 saturated carbocycles. The smallest absolute Gasteiger partial charge is 0.260 e. The van der Waals surface area contributed by atoms with Gasteiger partial charge in [0, 0.05) is 29.1 Å². The Labute approximate surface area is 178 Å². The molecule has 0 aliphatic carbocycles. The lowest BCUT2D eigenvalue weighted by atomic mass is 9.97. The first-order chi connectivity index (χ1) is 14.4. The molecule has 2 amide bonds. The van der Waals surface area contributed by atoms with Gasteiger partial charge in [-0.25, -0.2) is 9.37 Å². The molecule has 30 heavy (non-hydrogen) atoms. The van der Waals surface area contributed by atoms with E-state index in [0.29, 0.717) is 5.13 Å². The standard InChI is InChI=1S/C23H22FN3O2S/c1-14(2)22(29)27-11-5-6-16-12-15(9-10-20(16)27)19-13-30-23(25-19)26-21(28)17-7-3-4-8-18(17)24/h3-4,7-10,12-14H,5-6,11H2,1-2H3,(H,25,26,28). The first-order valence-electron chi connectivity index (χ1n) is 9.90. The third-order valence-corrected chi connectivity index (χ3v) is 5.85. The van der Waals surface area contributed by atoms with Crippen LogP contribution in [0.4, 0.5) is 15.2 Å². The summed E-state index contributed by atoms with van der Waals surface area (Å²) in [4.78, 5) is 31.2. The minimum atomic E-state index is -0.568. The van der Waals surface area contributed by atoms with Crippen molar-refractivity contribution in [1.29, 1.82) is 0 Å². The SMILES string of the molecule is CC(C)C(=O)N1CCCc2cc(-c3csc(NC(=O)c4ccccc4F)n3)ccc21. The maximum atomic E-state index is 13.8. The summed E-state index contributed by atoms with van der Waals surface area (Å²) in [5.41, 5.74) is 3.73. The first-order valence-corrected chi connectivity index (χ1v) is 10.8. The quantitative estimate of drug-likeness (QED) is 0.632. The van der Waals surface area contributed by atoms with Crippen LogP contribution in [0.2, 0.25) is 0 Å². The van der Waals surface area contributed by atoms with Gasteiger partial charge in [0.25, 0.3) is 5.91 Å². The monoisotopic (exact) mass is 423 g/mol. The molecule has 0 spiro atoms. The maximum Gasteiger partial charge on any atom is 0.260 e. The number of aryl methyl sites for hydroxylation is 1. The van der Waals surface area contributed by atoms with Crippen LogP contribution in [0, 0.1) is 11.7 Å². The number of hydrogen-bond acceptors (Lipinski definition) is 4. The number of fused-ring (bicyclic) bond motifs is 1. The van der Waals surface area contributed by atoms with Crippen LogP contribution in [0.25, 0.3) is 11.3 Å². The van der Waals surface area contributed by atoms with Crippen molar-refractivity contribution in [2.24, 2.45) is 5.92 Å². The highest BCUT2D eigenvalue weighted by molar-refractivity contribution is 7.14. The number of anilines is 2. The van der Waals surface area contributed by atoms with Gasteiger partial charge in [-0.05, 0) is 42.7 Å². The molecule has 1 aliphatic rings. The molecule has 2 aromatic carbocycles. The summed E-state index contributed by atoms with van der Waals surface area (Å²) < 4.78 is 13.8. The Morgan fingerprint density at radius 2 is 2.00 bits per heavy atom. The van der Waals surface area contributed by atoms with E-state index in [1.54, 1.807) is 12.1 Å². The van der Waals surface area contributed by atoms with E-state index in [2.05, 4.69) is 16.4 Å². The average Bonchev–Trinajstić information content (AvgIpc) is 3.21. The molecule has 7 heteroatoms. The van der Waals surface area contributed by atoms with E-state index in [1.165, 1.54) is 23.5 Å². The highest BCUT2D eigenvalue weighted by Gasteiger charge is 2.24. The zero-order valence-electron chi connectivity index (χ0n) is 16.8. The van der Waals surface area contributed by atoms with Gasteiger partial charge in [0.05, 0.1) is 11.3 Å². The van der Waals surface area contributed by atoms with Crippen LogP contribution < -0.4 is 10.2 Å². The van der Waals surface area contributed by atoms with Crippen LogP contribution in [0.15, 0.2) is 47.8 Å². The molecule has 0 bridgehead atoms. The molecule has 5 nitrogen and oxygen atoms in total. The fourth-order valence-corrected chi connectivity index (χ4v) is 4.29. The lowest BCUT2D eigenvalue weighted by molar-refractivity contribution is -0.121. The Morgan fingerprint density at radius 3 is 2.77 bits per heavy atom. The number of hydrogen-bond donors (Lipinski definition) is 1. The number of thiazole rings is 1. The van der Waals surface area contributed by atoms with Gasteiger partial charge in [-0.3, -0.25) is 14.9 Å². The lowest BCUT2D eigenvalue weighted by Crippen LogP contribution is -2.38. The van der Waals surface area contributed by atoms with Gasteiger partial charge in [0.2, 0.25) is 5.91 Å². The fourth-order valence-electron chi connectivity index (χ4n) is 3.57. The van der Waals surface area contributed by atoms with Crippen LogP contribution in [0.5, 0.6) is 0 Å². The number of rotatable bonds is 4. The van der Waals surface area contributed by atoms with Crippen molar-refractivity contribution in [3.8, 4) is 11.3 Å². The second kappa shape index (κ2) is 8.36. The predicted octanol–water partition coefficient (Wildman–Crippen LogP) is 5.14. The normalized spacial score (nSPS) is 13.3. The molecular formula is C23H22FN3O2S. The molecule has 1 aliphatic heterocycles. The second-order valence-electron chi connectivity index (χ2n) is 7.56. The summed E-state index contributed by atoms with van der Waals surface area (Å²) in [6, 6.07) is 11.8. The van der Waals surface area contributed by atoms with E-state index in [-0.39, 0.29) is 17.4 Å². The average molecular weight is 424 g/mol. The van der Waals surface area contributed by atoms with Crippen LogP contribution >= 0.6 is 11.3 Å². The highest BCUT2D eigenvalue weighted by atomic mass is 32.1. The van der Waals surface area contributed by atoms with Gasteiger partial charge in [0.1, 0.15) is 5.82 Å². The Hall–Kier alpha value is -3.06. The third kappa shape index (κ3) is 3.98. The predicted molar refractivity (Wildman–Crippen MR) is 117 cm³/mol. The lowest BCUT2D eigenvalue weighted by Gasteiger charge is -2.31. The summed E-state index contributed by atoms with van der Waals surface area (Å²) >= 11 is 1.29. The van der Waals surface area contributed by atoms with Crippen molar-refractivity contribution < 1.29 is 14.0 Å². The van der Waals surface area contributed by atoms with Crippen molar-refractivity contribution in [2.45, 2.75) is 26.7 Å². The van der Waals surface area contributed by atoms with Gasteiger partial charge in [-0.2, -0.15) is 0 Å². The number of carbonyl (C=O) groups excluding carboxylic acids is 2. The summed E-state index contributed by atoms with van der Waals surface area (Å²) in [5.74, 6) is -1.01. The topological polar surface area (TPSA) is 62.3 Å². The van der Waals surface area contributed by atoms with Crippen LogP contribution in [-0.4, -0.2) is 23.3 Å². The molecule has 1 N–H and O–H groups in total. The van der Waals surface area contributed by atoms with Crippen molar-refractivity contribution in [3.63, 3.8) is 0 Å². The number of amides is 2.